The van der Waals surface area contributed by atoms with Gasteiger partial charge >= 0.3 is 0 Å². The van der Waals surface area contributed by atoms with Crippen molar-refractivity contribution >= 4 is 17.4 Å². The van der Waals surface area contributed by atoms with Gasteiger partial charge in [-0.1, -0.05) is 12.8 Å². The summed E-state index contributed by atoms with van der Waals surface area (Å²) in [5.41, 5.74) is 2.20. The first-order valence-corrected chi connectivity index (χ1v) is 8.63. The summed E-state index contributed by atoms with van der Waals surface area (Å²) in [6.07, 6.45) is 7.84. The topological polar surface area (TPSA) is 115 Å². The highest BCUT2D eigenvalue weighted by atomic mass is 16.3. The number of hydrogen-bond acceptors (Lipinski definition) is 6. The molecular formula is C17H20N6O2. The van der Waals surface area contributed by atoms with Crippen molar-refractivity contribution in [1.29, 1.82) is 5.26 Å². The average Bonchev–Trinajstić information content (AvgIpc) is 3.32. The number of amidine groups is 1. The van der Waals surface area contributed by atoms with Crippen LogP contribution in [0.5, 0.6) is 0 Å². The fourth-order valence-corrected chi connectivity index (χ4v) is 4.00. The number of aromatic nitrogens is 2. The van der Waals surface area contributed by atoms with Gasteiger partial charge in [-0.2, -0.15) is 10.4 Å². The first-order valence-electron chi connectivity index (χ1n) is 8.63. The molecule has 0 radical (unpaired) electrons. The summed E-state index contributed by atoms with van der Waals surface area (Å²) < 4.78 is 1.87. The van der Waals surface area contributed by atoms with E-state index < -0.39 is 6.35 Å². The van der Waals surface area contributed by atoms with Gasteiger partial charge in [-0.3, -0.25) is 9.48 Å². The highest BCUT2D eigenvalue weighted by molar-refractivity contribution is 6.20. The molecule has 0 aromatic carbocycles. The molecule has 1 unspecified atom stereocenters. The van der Waals surface area contributed by atoms with Crippen LogP contribution in [0.15, 0.2) is 23.0 Å². The Balaban J connectivity index is 1.66. The number of aliphatic hydroxyl groups excluding tert-OH is 1. The number of aliphatic hydroxyl groups is 1. The number of fused-ring (bicyclic) bond motifs is 1. The number of amides is 1. The first kappa shape index (κ1) is 15.8. The molecule has 1 saturated carbocycles. The van der Waals surface area contributed by atoms with Crippen molar-refractivity contribution in [2.24, 2.45) is 10.9 Å². The van der Waals surface area contributed by atoms with E-state index in [1.165, 1.54) is 12.8 Å². The van der Waals surface area contributed by atoms with E-state index in [4.69, 9.17) is 0 Å². The number of rotatable bonds is 4. The molecule has 8 heteroatoms. The van der Waals surface area contributed by atoms with Crippen LogP contribution in [0.3, 0.4) is 0 Å². The standard InChI is InChI=1S/C17H20N6O2/c18-6-5-13(10-3-1-2-4-10)23-9-11(8-19-23)15-12-7-14(24)20-16(12)22-17(25)21-15/h8-10,13,17,21,25H,1-5,7H2,(H,20,22,24)/t13-,17?/m1/s1. The maximum Gasteiger partial charge on any atom is 0.230 e. The molecule has 2 fully saturated rings. The minimum Gasteiger partial charge on any atom is -0.355 e. The molecule has 0 spiro atoms. The maximum absolute atomic E-state index is 11.7. The number of nitriles is 1. The zero-order valence-corrected chi connectivity index (χ0v) is 13.8. The summed E-state index contributed by atoms with van der Waals surface area (Å²) in [5, 5.41) is 29.1. The minimum absolute atomic E-state index is 0.0665. The fourth-order valence-electron chi connectivity index (χ4n) is 4.00. The van der Waals surface area contributed by atoms with Crippen molar-refractivity contribution in [3.05, 3.63) is 23.5 Å². The van der Waals surface area contributed by atoms with Gasteiger partial charge in [-0.15, -0.1) is 0 Å². The van der Waals surface area contributed by atoms with Crippen LogP contribution in [0.25, 0.3) is 5.70 Å². The molecule has 2 aliphatic heterocycles. The van der Waals surface area contributed by atoms with Crippen LogP contribution in [0.2, 0.25) is 0 Å². The zero-order chi connectivity index (χ0) is 17.4. The number of carbonyl (C=O) groups excluding carboxylic acids is 1. The van der Waals surface area contributed by atoms with Gasteiger partial charge in [0.25, 0.3) is 0 Å². The molecule has 130 valence electrons. The summed E-state index contributed by atoms with van der Waals surface area (Å²) >= 11 is 0. The van der Waals surface area contributed by atoms with Gasteiger partial charge in [0.15, 0.2) is 0 Å². The Morgan fingerprint density at radius 3 is 3.00 bits per heavy atom. The molecule has 25 heavy (non-hydrogen) atoms. The molecule has 1 aromatic rings. The SMILES string of the molecule is N#CC[C@H](C1CCCC1)n1cc(C2=C3CC(=O)NC3=NC(O)N2)cn1. The molecule has 3 heterocycles. The van der Waals surface area contributed by atoms with Crippen molar-refractivity contribution in [1.82, 2.24) is 20.4 Å². The Hall–Kier alpha value is -2.66. The van der Waals surface area contributed by atoms with Crippen LogP contribution in [0.4, 0.5) is 0 Å². The van der Waals surface area contributed by atoms with Crippen molar-refractivity contribution in [2.75, 3.05) is 0 Å². The lowest BCUT2D eigenvalue weighted by atomic mass is 9.96. The van der Waals surface area contributed by atoms with Gasteiger partial charge in [0, 0.05) is 17.3 Å². The Morgan fingerprint density at radius 2 is 2.24 bits per heavy atom. The lowest BCUT2D eigenvalue weighted by molar-refractivity contribution is -0.118. The van der Waals surface area contributed by atoms with Gasteiger partial charge in [-0.05, 0) is 18.8 Å². The van der Waals surface area contributed by atoms with E-state index in [0.717, 1.165) is 24.0 Å². The molecule has 4 rings (SSSR count). The van der Waals surface area contributed by atoms with Gasteiger partial charge in [0.1, 0.15) is 5.84 Å². The number of nitrogens with one attached hydrogen (secondary N) is 2. The lowest BCUT2D eigenvalue weighted by Crippen LogP contribution is -2.35. The Kier molecular flexibility index (Phi) is 4.01. The smallest absolute Gasteiger partial charge is 0.230 e. The minimum atomic E-state index is -1.10. The first-order chi connectivity index (χ1) is 12.2. The van der Waals surface area contributed by atoms with E-state index in [2.05, 4.69) is 26.8 Å². The third-order valence-electron chi connectivity index (χ3n) is 5.18. The number of hydrogen-bond donors (Lipinski definition) is 3. The summed E-state index contributed by atoms with van der Waals surface area (Å²) in [7, 11) is 0. The van der Waals surface area contributed by atoms with Gasteiger partial charge in [0.05, 0.1) is 36.8 Å². The number of carbonyl (C=O) groups is 1. The highest BCUT2D eigenvalue weighted by Crippen LogP contribution is 2.36. The second kappa shape index (κ2) is 6.33. The van der Waals surface area contributed by atoms with E-state index in [9.17, 15) is 15.2 Å². The average molecular weight is 340 g/mol. The van der Waals surface area contributed by atoms with Gasteiger partial charge in [0.2, 0.25) is 12.3 Å². The zero-order valence-electron chi connectivity index (χ0n) is 13.8. The maximum atomic E-state index is 11.7. The molecular weight excluding hydrogens is 320 g/mol. The molecule has 2 atom stereocenters. The van der Waals surface area contributed by atoms with Crippen LogP contribution in [-0.2, 0) is 4.79 Å². The predicted molar refractivity (Wildman–Crippen MR) is 89.7 cm³/mol. The van der Waals surface area contributed by atoms with Crippen LogP contribution < -0.4 is 10.6 Å². The predicted octanol–water partition coefficient (Wildman–Crippen LogP) is 1.04. The monoisotopic (exact) mass is 340 g/mol. The molecule has 1 aliphatic carbocycles. The summed E-state index contributed by atoms with van der Waals surface area (Å²) in [6, 6.07) is 2.35. The largest absolute Gasteiger partial charge is 0.355 e. The third-order valence-corrected chi connectivity index (χ3v) is 5.18. The molecule has 8 nitrogen and oxygen atoms in total. The summed E-state index contributed by atoms with van der Waals surface area (Å²) in [4.78, 5) is 15.7. The fraction of sp³-hybridized carbons (Fsp3) is 0.529. The van der Waals surface area contributed by atoms with Crippen LogP contribution in [0, 0.1) is 17.2 Å². The van der Waals surface area contributed by atoms with Crippen molar-refractivity contribution in [3.63, 3.8) is 0 Å². The lowest BCUT2D eigenvalue weighted by Gasteiger charge is -2.22. The van der Waals surface area contributed by atoms with Crippen molar-refractivity contribution < 1.29 is 9.90 Å². The normalized spacial score (nSPS) is 24.4. The second-order valence-electron chi connectivity index (χ2n) is 6.76. The Labute approximate surface area is 145 Å². The summed E-state index contributed by atoms with van der Waals surface area (Å²) in [6.45, 7) is 0. The van der Waals surface area contributed by atoms with Gasteiger partial charge < -0.3 is 15.7 Å². The Morgan fingerprint density at radius 1 is 1.44 bits per heavy atom. The molecule has 3 aliphatic rings. The molecule has 3 N–H and O–H groups in total. The van der Waals surface area contributed by atoms with Crippen LogP contribution in [-0.4, -0.2) is 33.0 Å². The van der Waals surface area contributed by atoms with Crippen LogP contribution in [0.1, 0.15) is 50.1 Å². The van der Waals surface area contributed by atoms with E-state index in [1.54, 1.807) is 6.20 Å². The molecule has 1 aromatic heterocycles. The van der Waals surface area contributed by atoms with Gasteiger partial charge in [-0.25, -0.2) is 4.99 Å². The molecule has 0 bridgehead atoms. The van der Waals surface area contributed by atoms with Crippen molar-refractivity contribution in [3.8, 4) is 6.07 Å². The molecule has 1 saturated heterocycles. The third kappa shape index (κ3) is 2.91. The second-order valence-corrected chi connectivity index (χ2v) is 6.76. The quantitative estimate of drug-likeness (QED) is 0.757. The van der Waals surface area contributed by atoms with E-state index in [-0.39, 0.29) is 18.4 Å². The number of aliphatic imine (C=N–C) groups is 1. The van der Waals surface area contributed by atoms with Crippen molar-refractivity contribution in [2.45, 2.75) is 50.9 Å². The highest BCUT2D eigenvalue weighted by Gasteiger charge is 2.32. The van der Waals surface area contributed by atoms with E-state index in [1.807, 2.05) is 10.9 Å². The molecule has 1 amide bonds. The van der Waals surface area contributed by atoms with E-state index in [0.29, 0.717) is 23.9 Å². The summed E-state index contributed by atoms with van der Waals surface area (Å²) in [5.74, 6) is 0.757. The Bertz CT molecular complexity index is 796. The van der Waals surface area contributed by atoms with Crippen LogP contribution >= 0.6 is 0 Å². The number of nitrogens with zero attached hydrogens (tertiary/aromatic N) is 4. The van der Waals surface area contributed by atoms with E-state index >= 15 is 0 Å².